The van der Waals surface area contributed by atoms with E-state index in [1.54, 1.807) is 7.11 Å². The number of hydrogen-bond acceptors (Lipinski definition) is 6. The van der Waals surface area contributed by atoms with Gasteiger partial charge in [-0.15, -0.1) is 11.3 Å². The maximum absolute atomic E-state index is 12.8. The van der Waals surface area contributed by atoms with Crippen LogP contribution in [0.3, 0.4) is 0 Å². The first-order valence-corrected chi connectivity index (χ1v) is 12.2. The van der Waals surface area contributed by atoms with Gasteiger partial charge in [0.25, 0.3) is 5.56 Å². The summed E-state index contributed by atoms with van der Waals surface area (Å²) in [5.41, 5.74) is 5.98. The second kappa shape index (κ2) is 9.48. The number of H-pyrrole nitrogens is 1. The van der Waals surface area contributed by atoms with Gasteiger partial charge >= 0.3 is 0 Å². The van der Waals surface area contributed by atoms with Crippen molar-refractivity contribution in [1.82, 2.24) is 24.6 Å². The number of thiophene rings is 1. The third kappa shape index (κ3) is 4.62. The monoisotopic (exact) mass is 485 g/mol. The molecule has 0 saturated heterocycles. The highest BCUT2D eigenvalue weighted by Gasteiger charge is 2.16. The molecule has 3 heterocycles. The van der Waals surface area contributed by atoms with Crippen LogP contribution in [0.25, 0.3) is 26.3 Å². The van der Waals surface area contributed by atoms with E-state index >= 15 is 0 Å². The topological polar surface area (TPSA) is 76.0 Å². The lowest BCUT2D eigenvalue weighted by molar-refractivity contribution is 0.309. The molecule has 5 aromatic rings. The molecule has 0 aliphatic heterocycles. The average molecular weight is 486 g/mol. The predicted molar refractivity (Wildman–Crippen MR) is 140 cm³/mol. The van der Waals surface area contributed by atoms with Gasteiger partial charge in [-0.2, -0.15) is 5.10 Å². The smallest absolute Gasteiger partial charge is 0.268 e. The molecule has 0 aliphatic carbocycles. The van der Waals surface area contributed by atoms with E-state index in [2.05, 4.69) is 28.9 Å². The van der Waals surface area contributed by atoms with Gasteiger partial charge in [-0.1, -0.05) is 18.2 Å². The van der Waals surface area contributed by atoms with E-state index in [1.807, 2.05) is 67.2 Å². The molecular formula is C27H27N5O2S. The Hall–Kier alpha value is -3.75. The van der Waals surface area contributed by atoms with Crippen LogP contribution in [0.1, 0.15) is 22.8 Å². The van der Waals surface area contributed by atoms with Crippen molar-refractivity contribution in [3.05, 3.63) is 93.8 Å². The summed E-state index contributed by atoms with van der Waals surface area (Å²) < 4.78 is 7.86. The fraction of sp³-hybridized carbons (Fsp3) is 0.222. The summed E-state index contributed by atoms with van der Waals surface area (Å²) in [6.07, 6.45) is 0. The summed E-state index contributed by atoms with van der Waals surface area (Å²) >= 11 is 1.45. The molecule has 35 heavy (non-hydrogen) atoms. The number of aromatic amines is 1. The van der Waals surface area contributed by atoms with Gasteiger partial charge in [0.2, 0.25) is 0 Å². The fourth-order valence-electron chi connectivity index (χ4n) is 4.27. The second-order valence-corrected chi connectivity index (χ2v) is 9.69. The number of aryl methyl sites for hydroxylation is 1. The first-order valence-electron chi connectivity index (χ1n) is 11.4. The number of para-hydroxylation sites is 1. The molecule has 178 valence electrons. The second-order valence-electron chi connectivity index (χ2n) is 8.64. The number of ether oxygens (including phenoxy) is 1. The molecule has 0 unspecified atom stereocenters. The van der Waals surface area contributed by atoms with Gasteiger partial charge in [-0.3, -0.25) is 9.69 Å². The van der Waals surface area contributed by atoms with Gasteiger partial charge in [0.05, 0.1) is 30.6 Å². The molecule has 0 spiro atoms. The van der Waals surface area contributed by atoms with E-state index in [4.69, 9.17) is 14.8 Å². The summed E-state index contributed by atoms with van der Waals surface area (Å²) in [4.78, 5) is 23.7. The van der Waals surface area contributed by atoms with E-state index in [9.17, 15) is 4.79 Å². The van der Waals surface area contributed by atoms with Crippen LogP contribution in [-0.2, 0) is 13.1 Å². The Morgan fingerprint density at radius 2 is 1.80 bits per heavy atom. The molecule has 3 aromatic heterocycles. The first kappa shape index (κ1) is 23.0. The molecule has 2 aromatic carbocycles. The molecule has 0 saturated carbocycles. The molecule has 0 amide bonds. The fourth-order valence-corrected chi connectivity index (χ4v) is 5.26. The summed E-state index contributed by atoms with van der Waals surface area (Å²) in [5, 5.41) is 4.75. The van der Waals surface area contributed by atoms with E-state index in [-0.39, 0.29) is 5.56 Å². The minimum Gasteiger partial charge on any atom is -0.497 e. The minimum absolute atomic E-state index is 0.104. The predicted octanol–water partition coefficient (Wildman–Crippen LogP) is 5.09. The quantitative estimate of drug-likeness (QED) is 0.347. The zero-order valence-electron chi connectivity index (χ0n) is 20.2. The van der Waals surface area contributed by atoms with E-state index < -0.39 is 0 Å². The Morgan fingerprint density at radius 3 is 2.51 bits per heavy atom. The van der Waals surface area contributed by atoms with Crippen LogP contribution in [0.5, 0.6) is 5.75 Å². The Labute approximate surface area is 207 Å². The third-order valence-electron chi connectivity index (χ3n) is 6.10. The zero-order chi connectivity index (χ0) is 24.5. The molecule has 7 nitrogen and oxygen atoms in total. The van der Waals surface area contributed by atoms with Crippen molar-refractivity contribution in [2.45, 2.75) is 26.9 Å². The van der Waals surface area contributed by atoms with Gasteiger partial charge in [-0.25, -0.2) is 9.67 Å². The molecular weight excluding hydrogens is 458 g/mol. The highest BCUT2D eigenvalue weighted by Crippen LogP contribution is 2.32. The zero-order valence-corrected chi connectivity index (χ0v) is 21.0. The van der Waals surface area contributed by atoms with Crippen LogP contribution in [-0.4, -0.2) is 38.8 Å². The average Bonchev–Trinajstić information content (AvgIpc) is 3.41. The Morgan fingerprint density at radius 1 is 1.06 bits per heavy atom. The number of nitrogens with zero attached hydrogens (tertiary/aromatic N) is 4. The number of aromatic nitrogens is 4. The van der Waals surface area contributed by atoms with E-state index in [1.165, 1.54) is 16.9 Å². The van der Waals surface area contributed by atoms with Crippen LogP contribution < -0.4 is 10.3 Å². The maximum Gasteiger partial charge on any atom is 0.268 e. The number of fused-ring (bicyclic) bond motifs is 1. The normalized spacial score (nSPS) is 11.5. The lowest BCUT2D eigenvalue weighted by Crippen LogP contribution is -2.22. The van der Waals surface area contributed by atoms with Gasteiger partial charge < -0.3 is 9.72 Å². The van der Waals surface area contributed by atoms with Crippen molar-refractivity contribution in [3.8, 4) is 21.9 Å². The summed E-state index contributed by atoms with van der Waals surface area (Å²) in [5.74, 6) is 1.45. The highest BCUT2D eigenvalue weighted by atomic mass is 32.1. The van der Waals surface area contributed by atoms with Gasteiger partial charge in [-0.05, 0) is 68.9 Å². The molecule has 0 bridgehead atoms. The molecule has 5 rings (SSSR count). The molecule has 0 radical (unpaired) electrons. The SMILES string of the molecule is COc1ccc(-c2cc3nc(CN(C)Cc4c(C)nn(-c5ccccc5)c4C)[nH]c(=O)c3s2)cc1. The summed E-state index contributed by atoms with van der Waals surface area (Å²) in [7, 11) is 3.67. The van der Waals surface area contributed by atoms with Crippen molar-refractivity contribution in [2.75, 3.05) is 14.2 Å². The lowest BCUT2D eigenvalue weighted by Gasteiger charge is -2.16. The van der Waals surface area contributed by atoms with Crippen LogP contribution in [0.2, 0.25) is 0 Å². The van der Waals surface area contributed by atoms with Gasteiger partial charge in [0, 0.05) is 22.7 Å². The number of nitrogens with one attached hydrogen (secondary N) is 1. The van der Waals surface area contributed by atoms with Crippen LogP contribution in [0, 0.1) is 13.8 Å². The molecule has 0 atom stereocenters. The van der Waals surface area contributed by atoms with Crippen LogP contribution in [0.4, 0.5) is 0 Å². The van der Waals surface area contributed by atoms with Crippen molar-refractivity contribution < 1.29 is 4.74 Å². The van der Waals surface area contributed by atoms with Gasteiger partial charge in [0.1, 0.15) is 16.3 Å². The maximum atomic E-state index is 12.8. The summed E-state index contributed by atoms with van der Waals surface area (Å²) in [6.45, 7) is 5.35. The highest BCUT2D eigenvalue weighted by molar-refractivity contribution is 7.22. The van der Waals surface area contributed by atoms with Crippen molar-refractivity contribution in [2.24, 2.45) is 0 Å². The Bertz CT molecular complexity index is 1530. The number of methoxy groups -OCH3 is 1. The Kier molecular flexibility index (Phi) is 6.23. The third-order valence-corrected chi connectivity index (χ3v) is 7.27. The number of hydrogen-bond donors (Lipinski definition) is 1. The van der Waals surface area contributed by atoms with Crippen molar-refractivity contribution in [1.29, 1.82) is 0 Å². The molecule has 0 fully saturated rings. The molecule has 0 aliphatic rings. The van der Waals surface area contributed by atoms with Crippen LogP contribution in [0.15, 0.2) is 65.5 Å². The van der Waals surface area contributed by atoms with Crippen LogP contribution >= 0.6 is 11.3 Å². The van der Waals surface area contributed by atoms with E-state index in [0.29, 0.717) is 23.6 Å². The number of rotatable bonds is 7. The largest absolute Gasteiger partial charge is 0.497 e. The Balaban J connectivity index is 1.37. The van der Waals surface area contributed by atoms with Crippen molar-refractivity contribution >= 4 is 21.6 Å². The minimum atomic E-state index is -0.104. The first-order chi connectivity index (χ1) is 16.9. The van der Waals surface area contributed by atoms with Crippen molar-refractivity contribution in [3.63, 3.8) is 0 Å². The molecule has 8 heteroatoms. The molecule has 1 N–H and O–H groups in total. The lowest BCUT2D eigenvalue weighted by atomic mass is 10.2. The summed E-state index contributed by atoms with van der Waals surface area (Å²) in [6, 6.07) is 19.9. The van der Waals surface area contributed by atoms with E-state index in [0.717, 1.165) is 38.8 Å². The van der Waals surface area contributed by atoms with Gasteiger partial charge in [0.15, 0.2) is 0 Å². The number of benzene rings is 2. The standard InChI is InChI=1S/C27H27N5O2S/c1-17-22(18(2)32(30-17)20-8-6-5-7-9-20)15-31(3)16-25-28-23-14-24(35-26(23)27(33)29-25)19-10-12-21(34-4)13-11-19/h5-14H,15-16H2,1-4H3,(H,28,29,33).